The number of rotatable bonds is 8. The number of hydrogen-bond acceptors (Lipinski definition) is 3. The van der Waals surface area contributed by atoms with Crippen molar-refractivity contribution in [1.82, 2.24) is 9.97 Å². The monoisotopic (exact) mass is 628 g/mol. The van der Waals surface area contributed by atoms with E-state index in [1.165, 1.54) is 33.1 Å². The summed E-state index contributed by atoms with van der Waals surface area (Å²) < 4.78 is 0. The normalized spacial score (nSPS) is 16.4. The molecule has 3 heterocycles. The van der Waals surface area contributed by atoms with E-state index >= 15 is 0 Å². The van der Waals surface area contributed by atoms with Gasteiger partial charge in [-0.05, 0) is 79.5 Å². The van der Waals surface area contributed by atoms with Crippen LogP contribution in [0.3, 0.4) is 0 Å². The molecule has 1 saturated heterocycles. The summed E-state index contributed by atoms with van der Waals surface area (Å²) >= 11 is 0. The molecule has 2 aromatic heterocycles. The van der Waals surface area contributed by atoms with Gasteiger partial charge in [0.25, 0.3) is 0 Å². The second kappa shape index (κ2) is 12.7. The summed E-state index contributed by atoms with van der Waals surface area (Å²) in [7, 11) is 2.47. The fourth-order valence-corrected chi connectivity index (χ4v) is 12.5. The third-order valence-electron chi connectivity index (χ3n) is 9.16. The summed E-state index contributed by atoms with van der Waals surface area (Å²) in [6.45, 7) is 9.26. The molecule has 0 aliphatic carbocycles. The highest BCUT2D eigenvalue weighted by molar-refractivity contribution is 7.69. The summed E-state index contributed by atoms with van der Waals surface area (Å²) in [4.78, 5) is 22.4. The van der Waals surface area contributed by atoms with E-state index < -0.39 is 13.1 Å². The Labute approximate surface area is 271 Å². The van der Waals surface area contributed by atoms with E-state index in [1.807, 2.05) is 36.9 Å². The van der Waals surface area contributed by atoms with Crippen molar-refractivity contribution in [1.29, 1.82) is 0 Å². The second-order valence-corrected chi connectivity index (χ2v) is 18.0. The molecule has 5 aromatic rings. The molecule has 1 unspecified atom stereocenters. The minimum atomic E-state index is -0.783. The van der Waals surface area contributed by atoms with Crippen LogP contribution in [-0.2, 0) is 22.8 Å². The van der Waals surface area contributed by atoms with Gasteiger partial charge < -0.3 is 0 Å². The topological polar surface area (TPSA) is 42.9 Å². The number of ketones is 1. The highest BCUT2D eigenvalue weighted by Crippen LogP contribution is 2.66. The Morgan fingerprint density at radius 1 is 0.689 bits per heavy atom. The fourth-order valence-electron chi connectivity index (χ4n) is 7.46. The van der Waals surface area contributed by atoms with E-state index in [1.54, 1.807) is 0 Å². The predicted molar refractivity (Wildman–Crippen MR) is 192 cm³/mol. The van der Waals surface area contributed by atoms with Gasteiger partial charge in [-0.25, -0.2) is 0 Å². The zero-order chi connectivity index (χ0) is 31.7. The Balaban J connectivity index is 1.69. The van der Waals surface area contributed by atoms with Crippen LogP contribution in [0.5, 0.6) is 0 Å². The van der Waals surface area contributed by atoms with Crippen LogP contribution in [0.25, 0.3) is 0 Å². The van der Waals surface area contributed by atoms with Crippen molar-refractivity contribution in [3.05, 3.63) is 161 Å². The van der Waals surface area contributed by atoms with Gasteiger partial charge in [-0.2, -0.15) is 0 Å². The van der Waals surface area contributed by atoms with Crippen molar-refractivity contribution >= 4 is 28.2 Å². The van der Waals surface area contributed by atoms with Crippen LogP contribution in [0, 0.1) is 0 Å². The molecule has 45 heavy (non-hydrogen) atoms. The number of aromatic nitrogens is 2. The molecular weight excluding hydrogens is 586 g/mol. The number of Topliss-reactive ketones (excluding diaryl/α,β-unsaturated/α-hetero) is 1. The van der Waals surface area contributed by atoms with Gasteiger partial charge in [-0.1, -0.05) is 121 Å². The average Bonchev–Trinajstić information content (AvgIpc) is 3.02. The number of carbonyl (C=O) groups excluding carboxylic acids is 1. The van der Waals surface area contributed by atoms with Gasteiger partial charge in [-0.3, -0.25) is 14.8 Å². The molecule has 0 bridgehead atoms. The minimum Gasteiger partial charge on any atom is -0.300 e. The zero-order valence-electron chi connectivity index (χ0n) is 26.7. The molecule has 0 amide bonds. The van der Waals surface area contributed by atoms with Crippen LogP contribution in [0.2, 0.25) is 0 Å². The first-order valence-corrected chi connectivity index (χ1v) is 17.7. The van der Waals surface area contributed by atoms with Crippen molar-refractivity contribution in [2.45, 2.75) is 68.8 Å². The maximum Gasteiger partial charge on any atom is 0.134 e. The highest BCUT2D eigenvalue weighted by Gasteiger charge is 2.50. The number of hydrogen-bond donors (Lipinski definition) is 0. The summed E-state index contributed by atoms with van der Waals surface area (Å²) in [5.74, 6) is 0.368. The summed E-state index contributed by atoms with van der Waals surface area (Å²) in [5, 5.41) is 0.454. The van der Waals surface area contributed by atoms with E-state index in [-0.39, 0.29) is 10.3 Å². The standard InChI is InChI=1S/C40H42N2OP2/c1-38(2)25-35(43)26-39(3,4)45(38)37-24-32(22-30-15-9-6-10-16-30)31(21-29-13-7-5-8-14-29)23-36(37)40(44,33-17-11-19-41-27-33)34-18-12-20-42-28-34/h5-20,23-24,27-28H,21-22,25-26,44H2,1-4H3. The largest absolute Gasteiger partial charge is 0.300 e. The van der Waals surface area contributed by atoms with Crippen LogP contribution < -0.4 is 5.30 Å². The zero-order valence-corrected chi connectivity index (χ0v) is 28.8. The lowest BCUT2D eigenvalue weighted by molar-refractivity contribution is -0.120. The van der Waals surface area contributed by atoms with Crippen molar-refractivity contribution in [2.75, 3.05) is 0 Å². The van der Waals surface area contributed by atoms with Crippen LogP contribution in [0.1, 0.15) is 79.5 Å². The molecule has 1 atom stereocenters. The summed E-state index contributed by atoms with van der Waals surface area (Å²) in [6.07, 6.45) is 10.6. The van der Waals surface area contributed by atoms with Crippen LogP contribution >= 0.6 is 17.2 Å². The molecule has 3 aromatic carbocycles. The van der Waals surface area contributed by atoms with Crippen LogP contribution in [0.4, 0.5) is 0 Å². The molecule has 228 valence electrons. The molecule has 0 radical (unpaired) electrons. The Morgan fingerprint density at radius 3 is 1.60 bits per heavy atom. The van der Waals surface area contributed by atoms with Gasteiger partial charge in [0.2, 0.25) is 0 Å². The SMILES string of the molecule is CC1(C)CC(=O)CC(C)(C)P1c1cc(Cc2ccccc2)c(Cc2ccccc2)cc1C(P)(c1cccnc1)c1cccnc1. The Bertz CT molecular complexity index is 1710. The third kappa shape index (κ3) is 6.44. The van der Waals surface area contributed by atoms with E-state index in [4.69, 9.17) is 0 Å². The fraction of sp³-hybridized carbons (Fsp3) is 0.275. The molecule has 0 spiro atoms. The first-order chi connectivity index (χ1) is 21.6. The first-order valence-electron chi connectivity index (χ1n) is 15.7. The van der Waals surface area contributed by atoms with Crippen LogP contribution in [-0.4, -0.2) is 26.1 Å². The lowest BCUT2D eigenvalue weighted by Crippen LogP contribution is -2.45. The molecule has 1 fully saturated rings. The van der Waals surface area contributed by atoms with E-state index in [2.05, 4.69) is 132 Å². The van der Waals surface area contributed by atoms with E-state index in [0.29, 0.717) is 18.6 Å². The average molecular weight is 629 g/mol. The van der Waals surface area contributed by atoms with Gasteiger partial charge in [0.15, 0.2) is 0 Å². The number of nitrogens with zero attached hydrogens (tertiary/aromatic N) is 2. The number of pyridine rings is 2. The smallest absolute Gasteiger partial charge is 0.134 e. The van der Waals surface area contributed by atoms with Crippen molar-refractivity contribution in [3.8, 4) is 0 Å². The third-order valence-corrected chi connectivity index (χ3v) is 13.7. The second-order valence-electron chi connectivity index (χ2n) is 13.6. The molecule has 5 heteroatoms. The van der Waals surface area contributed by atoms with E-state index in [0.717, 1.165) is 24.0 Å². The van der Waals surface area contributed by atoms with Crippen molar-refractivity contribution in [2.24, 2.45) is 0 Å². The Hall–Kier alpha value is -3.51. The molecule has 1 aliphatic heterocycles. The van der Waals surface area contributed by atoms with Gasteiger partial charge in [-0.15, -0.1) is 9.24 Å². The highest BCUT2D eigenvalue weighted by atomic mass is 31.1. The first kappa shape index (κ1) is 31.5. The van der Waals surface area contributed by atoms with E-state index in [9.17, 15) is 4.79 Å². The van der Waals surface area contributed by atoms with Gasteiger partial charge in [0, 0.05) is 37.6 Å². The molecule has 0 N–H and O–H groups in total. The maximum absolute atomic E-state index is 13.2. The lowest BCUT2D eigenvalue weighted by atomic mass is 9.82. The maximum atomic E-state index is 13.2. The number of benzene rings is 3. The molecule has 1 aliphatic rings. The van der Waals surface area contributed by atoms with Gasteiger partial charge in [0.05, 0.1) is 5.16 Å². The lowest BCUT2D eigenvalue weighted by Gasteiger charge is -2.51. The van der Waals surface area contributed by atoms with Gasteiger partial charge >= 0.3 is 0 Å². The summed E-state index contributed by atoms with van der Waals surface area (Å²) in [5.41, 5.74) is 8.72. The summed E-state index contributed by atoms with van der Waals surface area (Å²) in [6, 6.07) is 35.0. The van der Waals surface area contributed by atoms with Crippen molar-refractivity contribution in [3.63, 3.8) is 0 Å². The molecule has 6 rings (SSSR count). The molecular formula is C40H42N2OP2. The quantitative estimate of drug-likeness (QED) is 0.161. The predicted octanol–water partition coefficient (Wildman–Crippen LogP) is 8.85. The number of carbonyl (C=O) groups is 1. The molecule has 0 saturated carbocycles. The molecule has 3 nitrogen and oxygen atoms in total. The Morgan fingerprint density at radius 2 is 1.16 bits per heavy atom. The van der Waals surface area contributed by atoms with Crippen molar-refractivity contribution < 1.29 is 4.79 Å². The Kier molecular flexibility index (Phi) is 8.89. The van der Waals surface area contributed by atoms with Gasteiger partial charge in [0.1, 0.15) is 5.78 Å². The minimum absolute atomic E-state index is 0.163. The van der Waals surface area contributed by atoms with Crippen LogP contribution in [0.15, 0.2) is 122 Å².